The number of aromatic nitrogens is 3. The fourth-order valence-electron chi connectivity index (χ4n) is 3.47. The number of alkyl halides is 5. The topological polar surface area (TPSA) is 91.6 Å². The Morgan fingerprint density at radius 2 is 1.97 bits per heavy atom. The molecule has 176 valence electrons. The molecule has 8 nitrogen and oxygen atoms in total. The van der Waals surface area contributed by atoms with E-state index in [1.807, 2.05) is 23.1 Å². The molecule has 0 aromatic carbocycles. The van der Waals surface area contributed by atoms with Crippen molar-refractivity contribution in [3.63, 3.8) is 0 Å². The highest BCUT2D eigenvalue weighted by Gasteiger charge is 2.46. The van der Waals surface area contributed by atoms with Crippen LogP contribution in [0.15, 0.2) is 17.6 Å². The van der Waals surface area contributed by atoms with Crippen LogP contribution in [-0.2, 0) is 22.7 Å². The maximum atomic E-state index is 13.0. The molecule has 0 saturated carbocycles. The monoisotopic (exact) mass is 481 g/mol. The summed E-state index contributed by atoms with van der Waals surface area (Å²) >= 11 is 1.62. The van der Waals surface area contributed by atoms with E-state index in [9.17, 15) is 26.7 Å². The van der Waals surface area contributed by atoms with Crippen LogP contribution in [-0.4, -0.2) is 73.3 Å². The van der Waals surface area contributed by atoms with Crippen LogP contribution in [0.2, 0.25) is 0 Å². The first-order valence-corrected chi connectivity index (χ1v) is 10.3. The van der Waals surface area contributed by atoms with Crippen molar-refractivity contribution in [1.29, 1.82) is 0 Å². The lowest BCUT2D eigenvalue weighted by molar-refractivity contribution is -0.192. The van der Waals surface area contributed by atoms with Crippen LogP contribution >= 0.6 is 11.3 Å². The van der Waals surface area contributed by atoms with E-state index in [2.05, 4.69) is 15.0 Å². The molecule has 0 spiro atoms. The highest BCUT2D eigenvalue weighted by molar-refractivity contribution is 7.09. The first-order valence-electron chi connectivity index (χ1n) is 9.45. The minimum absolute atomic E-state index is 0.139. The van der Waals surface area contributed by atoms with Gasteiger partial charge in [0.05, 0.1) is 41.9 Å². The summed E-state index contributed by atoms with van der Waals surface area (Å²) in [5.74, 6) is -5.72. The van der Waals surface area contributed by atoms with E-state index in [0.717, 1.165) is 22.9 Å². The molecule has 1 saturated heterocycles. The molecule has 4 rings (SSSR count). The van der Waals surface area contributed by atoms with E-state index in [0.29, 0.717) is 13.1 Å². The van der Waals surface area contributed by atoms with Gasteiger partial charge in [0.2, 0.25) is 5.91 Å². The van der Waals surface area contributed by atoms with Crippen LogP contribution in [0.4, 0.5) is 22.0 Å². The third-order valence-corrected chi connectivity index (χ3v) is 5.68. The third-order valence-electron chi connectivity index (χ3n) is 4.85. The average Bonchev–Trinajstić information content (AvgIpc) is 3.28. The number of carbonyl (C=O) groups is 2. The van der Waals surface area contributed by atoms with Crippen molar-refractivity contribution in [1.82, 2.24) is 24.6 Å². The Balaban J connectivity index is 0.000000360. The predicted molar refractivity (Wildman–Crippen MR) is 102 cm³/mol. The van der Waals surface area contributed by atoms with E-state index < -0.39 is 31.2 Å². The number of amides is 1. The molecular formula is C18H20F5N5O3S. The summed E-state index contributed by atoms with van der Waals surface area (Å²) < 4.78 is 59.6. The van der Waals surface area contributed by atoms with Gasteiger partial charge in [0.25, 0.3) is 5.92 Å². The van der Waals surface area contributed by atoms with Crippen molar-refractivity contribution in [3.8, 4) is 0 Å². The number of hydrogen-bond donors (Lipinski definition) is 1. The number of aliphatic carboxylic acids is 1. The number of rotatable bonds is 4. The van der Waals surface area contributed by atoms with Crippen LogP contribution in [0, 0.1) is 6.92 Å². The number of hydrogen-bond acceptors (Lipinski definition) is 6. The number of halogens is 5. The highest BCUT2D eigenvalue weighted by Crippen LogP contribution is 2.30. The van der Waals surface area contributed by atoms with Gasteiger partial charge in [0.1, 0.15) is 0 Å². The van der Waals surface area contributed by atoms with Crippen LogP contribution in [0.3, 0.4) is 0 Å². The van der Waals surface area contributed by atoms with Crippen LogP contribution in [0.1, 0.15) is 28.9 Å². The summed E-state index contributed by atoms with van der Waals surface area (Å²) in [6.45, 7) is 3.15. The van der Waals surface area contributed by atoms with E-state index in [-0.39, 0.29) is 18.4 Å². The lowest BCUT2D eigenvalue weighted by atomic mass is 10.1. The Bertz CT molecular complexity index is 968. The molecule has 2 aliphatic heterocycles. The maximum absolute atomic E-state index is 13.0. The molecule has 1 unspecified atom stereocenters. The average molecular weight is 481 g/mol. The van der Waals surface area contributed by atoms with Crippen LogP contribution in [0.25, 0.3) is 0 Å². The summed E-state index contributed by atoms with van der Waals surface area (Å²) in [5.41, 5.74) is 2.05. The molecule has 1 fully saturated rings. The molecule has 2 aromatic rings. The molecular weight excluding hydrogens is 461 g/mol. The Kier molecular flexibility index (Phi) is 6.83. The summed E-state index contributed by atoms with van der Waals surface area (Å²) in [5, 5.41) is 14.5. The van der Waals surface area contributed by atoms with Gasteiger partial charge in [0, 0.05) is 31.2 Å². The molecule has 1 amide bonds. The normalized spacial score (nSPS) is 20.1. The van der Waals surface area contributed by atoms with Crippen molar-refractivity contribution >= 4 is 23.2 Å². The number of likely N-dealkylation sites (tertiary alicyclic amines) is 1. The molecule has 0 bridgehead atoms. The van der Waals surface area contributed by atoms with Crippen molar-refractivity contribution in [2.75, 3.05) is 19.6 Å². The number of carboxylic acid groups (broad SMARTS) is 1. The van der Waals surface area contributed by atoms with Gasteiger partial charge in [-0.3, -0.25) is 14.4 Å². The largest absolute Gasteiger partial charge is 0.490 e. The van der Waals surface area contributed by atoms with E-state index in [1.165, 1.54) is 4.90 Å². The van der Waals surface area contributed by atoms with Crippen molar-refractivity contribution in [2.24, 2.45) is 0 Å². The predicted octanol–water partition coefficient (Wildman–Crippen LogP) is 2.71. The van der Waals surface area contributed by atoms with E-state index in [4.69, 9.17) is 9.90 Å². The zero-order valence-electron chi connectivity index (χ0n) is 16.8. The van der Waals surface area contributed by atoms with Gasteiger partial charge in [-0.15, -0.1) is 11.3 Å². The first-order chi connectivity index (χ1) is 14.8. The third kappa shape index (κ3) is 6.00. The minimum atomic E-state index is -5.08. The smallest absolute Gasteiger partial charge is 0.475 e. The Hall–Kier alpha value is -2.61. The van der Waals surface area contributed by atoms with Gasteiger partial charge < -0.3 is 10.0 Å². The molecule has 2 aliphatic rings. The second kappa shape index (κ2) is 9.10. The Labute approximate surface area is 183 Å². The number of carboxylic acids is 1. The fraction of sp³-hybridized carbons (Fsp3) is 0.556. The van der Waals surface area contributed by atoms with Gasteiger partial charge in [-0.05, 0) is 13.0 Å². The zero-order valence-corrected chi connectivity index (χ0v) is 17.7. The van der Waals surface area contributed by atoms with Crippen molar-refractivity contribution in [2.45, 2.75) is 44.6 Å². The number of nitrogens with zero attached hydrogens (tertiary/aromatic N) is 5. The van der Waals surface area contributed by atoms with Gasteiger partial charge in [0.15, 0.2) is 0 Å². The number of fused-ring (bicyclic) bond motifs is 1. The van der Waals surface area contributed by atoms with Gasteiger partial charge in [-0.2, -0.15) is 18.3 Å². The Morgan fingerprint density at radius 1 is 1.31 bits per heavy atom. The molecule has 1 atom stereocenters. The standard InChI is InChI=1S/C16H19F2N5OS.C2HF3O2/c1-11-20-12(8-25-11)5-21-6-13-2-3-19-23(13)14(7-21)4-15(24)22-9-16(17,18)10-22;3-2(4,5)1(6)7/h2-3,8,14H,4-7,9-10H2,1H3;(H,6,7). The van der Waals surface area contributed by atoms with E-state index >= 15 is 0 Å². The maximum Gasteiger partial charge on any atom is 0.490 e. The quantitative estimate of drug-likeness (QED) is 0.676. The molecule has 1 N–H and O–H groups in total. The highest BCUT2D eigenvalue weighted by atomic mass is 32.1. The summed E-state index contributed by atoms with van der Waals surface area (Å²) in [6, 6.07) is 1.80. The molecule has 4 heterocycles. The van der Waals surface area contributed by atoms with Crippen LogP contribution in [0.5, 0.6) is 0 Å². The zero-order chi connectivity index (χ0) is 23.7. The lowest BCUT2D eigenvalue weighted by Crippen LogP contribution is -2.58. The summed E-state index contributed by atoms with van der Waals surface area (Å²) in [4.78, 5) is 29.2. The Morgan fingerprint density at radius 3 is 2.50 bits per heavy atom. The number of thiazole rings is 1. The number of aryl methyl sites for hydroxylation is 1. The van der Waals surface area contributed by atoms with Crippen molar-refractivity contribution < 1.29 is 36.6 Å². The molecule has 0 aliphatic carbocycles. The van der Waals surface area contributed by atoms with Gasteiger partial charge >= 0.3 is 12.1 Å². The second-order valence-corrected chi connectivity index (χ2v) is 8.62. The summed E-state index contributed by atoms with van der Waals surface area (Å²) in [6.07, 6.45) is -3.17. The van der Waals surface area contributed by atoms with Crippen molar-refractivity contribution in [3.05, 3.63) is 34.0 Å². The lowest BCUT2D eigenvalue weighted by Gasteiger charge is -2.40. The SMILES string of the molecule is Cc1nc(CN2Cc3ccnn3C(CC(=O)N3CC(F)(F)C3)C2)cs1.O=C(O)C(F)(F)F. The molecule has 14 heteroatoms. The second-order valence-electron chi connectivity index (χ2n) is 7.56. The fourth-order valence-corrected chi connectivity index (χ4v) is 4.07. The first kappa shape index (κ1) is 24.0. The molecule has 2 aromatic heterocycles. The van der Waals surface area contributed by atoms with Gasteiger partial charge in [-0.25, -0.2) is 18.6 Å². The molecule has 0 radical (unpaired) electrons. The number of carbonyl (C=O) groups excluding carboxylic acids is 1. The minimum Gasteiger partial charge on any atom is -0.475 e. The van der Waals surface area contributed by atoms with E-state index in [1.54, 1.807) is 17.5 Å². The van der Waals surface area contributed by atoms with Crippen LogP contribution < -0.4 is 0 Å². The van der Waals surface area contributed by atoms with Gasteiger partial charge in [-0.1, -0.05) is 0 Å². The molecule has 32 heavy (non-hydrogen) atoms. The summed E-state index contributed by atoms with van der Waals surface area (Å²) in [7, 11) is 0.